The summed E-state index contributed by atoms with van der Waals surface area (Å²) in [6.45, 7) is -0.747. The Morgan fingerprint density at radius 2 is 0.867 bits per heavy atom. The fourth-order valence-electron chi connectivity index (χ4n) is 1.99. The van der Waals surface area contributed by atoms with E-state index >= 15 is 0 Å². The average Bonchev–Trinajstić information content (AvgIpc) is 2.63. The molecule has 0 aliphatic rings. The molecule has 0 fully saturated rings. The van der Waals surface area contributed by atoms with Crippen LogP contribution in [0.1, 0.15) is 57.8 Å². The summed E-state index contributed by atoms with van der Waals surface area (Å²) in [7, 11) is 0. The minimum Gasteiger partial charge on any atom is -0.462 e. The summed E-state index contributed by atoms with van der Waals surface area (Å²) >= 11 is 15.6. The maximum atomic E-state index is 11.9. The first-order valence-corrected chi connectivity index (χ1v) is 10.3. The first-order chi connectivity index (χ1) is 14.1. The highest BCUT2D eigenvalue weighted by atomic mass is 35.5. The number of hydrogen-bond donors (Lipinski definition) is 0. The van der Waals surface area contributed by atoms with Gasteiger partial charge in [-0.2, -0.15) is 0 Å². The topological polar surface area (TPSA) is 130 Å². The molecule has 0 N–H and O–H groups in total. The highest BCUT2D eigenvalue weighted by Crippen LogP contribution is 2.07. The predicted molar refractivity (Wildman–Crippen MR) is 106 cm³/mol. The van der Waals surface area contributed by atoms with Crippen LogP contribution in [0.3, 0.4) is 0 Å². The van der Waals surface area contributed by atoms with E-state index in [9.17, 15) is 28.8 Å². The molecule has 0 saturated heterocycles. The van der Waals surface area contributed by atoms with Gasteiger partial charge in [-0.25, -0.2) is 0 Å². The van der Waals surface area contributed by atoms with E-state index in [0.29, 0.717) is 0 Å². The van der Waals surface area contributed by atoms with Crippen molar-refractivity contribution in [2.75, 3.05) is 13.2 Å². The lowest BCUT2D eigenvalue weighted by Crippen LogP contribution is -2.31. The molecule has 12 heteroatoms. The number of halogens is 3. The zero-order valence-corrected chi connectivity index (χ0v) is 18.4. The van der Waals surface area contributed by atoms with Crippen LogP contribution >= 0.6 is 34.8 Å². The standard InChI is InChI=1S/C18H23Cl3O9/c19-13(22)4-1-7-16(25)28-10-12(30-18(27)9-3-6-15(21)24)11-29-17(26)8-2-5-14(20)23/h12H,1-11H2. The van der Waals surface area contributed by atoms with Crippen molar-refractivity contribution in [1.82, 2.24) is 0 Å². The van der Waals surface area contributed by atoms with Gasteiger partial charge in [-0.3, -0.25) is 28.8 Å². The van der Waals surface area contributed by atoms with Gasteiger partial charge in [0.1, 0.15) is 13.2 Å². The van der Waals surface area contributed by atoms with Crippen molar-refractivity contribution in [3.63, 3.8) is 0 Å². The molecule has 9 nitrogen and oxygen atoms in total. The van der Waals surface area contributed by atoms with E-state index in [1.807, 2.05) is 0 Å². The third kappa shape index (κ3) is 18.3. The maximum Gasteiger partial charge on any atom is 0.306 e. The van der Waals surface area contributed by atoms with Crippen LogP contribution in [0.5, 0.6) is 0 Å². The second kappa shape index (κ2) is 17.0. The van der Waals surface area contributed by atoms with Crippen molar-refractivity contribution in [1.29, 1.82) is 0 Å². The van der Waals surface area contributed by atoms with E-state index in [-0.39, 0.29) is 71.0 Å². The summed E-state index contributed by atoms with van der Waals surface area (Å²) in [5, 5.41) is -1.74. The van der Waals surface area contributed by atoms with Crippen LogP contribution in [0.15, 0.2) is 0 Å². The van der Waals surface area contributed by atoms with E-state index < -0.39 is 39.7 Å². The summed E-state index contributed by atoms with van der Waals surface area (Å²) < 4.78 is 15.1. The largest absolute Gasteiger partial charge is 0.462 e. The molecule has 0 aromatic carbocycles. The Morgan fingerprint density at radius 1 is 0.533 bits per heavy atom. The van der Waals surface area contributed by atoms with Crippen LogP contribution in [0.2, 0.25) is 0 Å². The molecule has 30 heavy (non-hydrogen) atoms. The Balaban J connectivity index is 4.51. The molecule has 0 spiro atoms. The highest BCUT2D eigenvalue weighted by Gasteiger charge is 2.20. The van der Waals surface area contributed by atoms with Crippen molar-refractivity contribution >= 4 is 68.4 Å². The van der Waals surface area contributed by atoms with Gasteiger partial charge >= 0.3 is 17.9 Å². The third-order valence-electron chi connectivity index (χ3n) is 3.42. The predicted octanol–water partition coefficient (Wildman–Crippen LogP) is 2.79. The lowest BCUT2D eigenvalue weighted by Gasteiger charge is -2.18. The van der Waals surface area contributed by atoms with Crippen molar-refractivity contribution in [2.24, 2.45) is 0 Å². The molecule has 0 aliphatic carbocycles. The number of carbonyl (C=O) groups is 6. The van der Waals surface area contributed by atoms with Crippen LogP contribution < -0.4 is 0 Å². The first-order valence-electron chi connectivity index (χ1n) is 9.15. The Labute approximate surface area is 188 Å². The molecule has 0 aliphatic heterocycles. The van der Waals surface area contributed by atoms with Gasteiger partial charge in [0.05, 0.1) is 0 Å². The van der Waals surface area contributed by atoms with Crippen LogP contribution in [0.4, 0.5) is 0 Å². The molecule has 0 aromatic rings. The average molecular weight is 490 g/mol. The maximum absolute atomic E-state index is 11.9. The van der Waals surface area contributed by atoms with Gasteiger partial charge in [0.25, 0.3) is 0 Å². The smallest absolute Gasteiger partial charge is 0.306 e. The zero-order chi connectivity index (χ0) is 22.9. The molecular formula is C18H23Cl3O9. The summed E-state index contributed by atoms with van der Waals surface area (Å²) in [5.41, 5.74) is 0. The number of rotatable bonds is 17. The van der Waals surface area contributed by atoms with Crippen molar-refractivity contribution in [2.45, 2.75) is 63.9 Å². The Hall–Kier alpha value is -1.71. The van der Waals surface area contributed by atoms with E-state index in [1.165, 1.54) is 0 Å². The number of hydrogen-bond acceptors (Lipinski definition) is 9. The van der Waals surface area contributed by atoms with Gasteiger partial charge in [-0.15, -0.1) is 0 Å². The molecule has 170 valence electrons. The summed E-state index contributed by atoms with van der Waals surface area (Å²) in [5.74, 6) is -1.98. The van der Waals surface area contributed by atoms with Crippen LogP contribution in [0, 0.1) is 0 Å². The van der Waals surface area contributed by atoms with Gasteiger partial charge in [0.15, 0.2) is 6.10 Å². The fraction of sp³-hybridized carbons (Fsp3) is 0.667. The zero-order valence-electron chi connectivity index (χ0n) is 16.2. The van der Waals surface area contributed by atoms with Gasteiger partial charge in [0, 0.05) is 38.5 Å². The van der Waals surface area contributed by atoms with Gasteiger partial charge in [0.2, 0.25) is 15.7 Å². The van der Waals surface area contributed by atoms with Crippen molar-refractivity contribution < 1.29 is 43.0 Å². The monoisotopic (exact) mass is 488 g/mol. The SMILES string of the molecule is O=C(Cl)CCCC(=O)OCC(COC(=O)CCCC(=O)Cl)OC(=O)CCCC(=O)Cl. The Bertz CT molecular complexity index is 586. The van der Waals surface area contributed by atoms with Crippen LogP contribution in [-0.2, 0) is 43.0 Å². The van der Waals surface area contributed by atoms with Crippen LogP contribution in [-0.4, -0.2) is 53.0 Å². The molecule has 0 bridgehead atoms. The minimum atomic E-state index is -1.07. The fourth-order valence-corrected chi connectivity index (χ4v) is 2.39. The van der Waals surface area contributed by atoms with E-state index in [0.717, 1.165) is 0 Å². The molecule has 0 atom stereocenters. The van der Waals surface area contributed by atoms with E-state index in [1.54, 1.807) is 0 Å². The number of ether oxygens (including phenoxy) is 3. The molecule has 0 unspecified atom stereocenters. The summed E-state index contributed by atoms with van der Waals surface area (Å²) in [6, 6.07) is 0. The minimum absolute atomic E-state index is 0.0100. The molecule has 0 heterocycles. The number of carbonyl (C=O) groups excluding carboxylic acids is 6. The Morgan fingerprint density at radius 3 is 1.20 bits per heavy atom. The Kier molecular flexibility index (Phi) is 16.0. The van der Waals surface area contributed by atoms with E-state index in [4.69, 9.17) is 49.0 Å². The lowest BCUT2D eigenvalue weighted by atomic mass is 10.2. The second-order valence-corrected chi connectivity index (χ2v) is 7.37. The third-order valence-corrected chi connectivity index (χ3v) is 3.99. The number of esters is 3. The molecule has 0 aromatic heterocycles. The summed E-state index contributed by atoms with van der Waals surface area (Å²) in [4.78, 5) is 67.2. The van der Waals surface area contributed by atoms with E-state index in [2.05, 4.69) is 0 Å². The highest BCUT2D eigenvalue weighted by molar-refractivity contribution is 6.64. The summed E-state index contributed by atoms with van der Waals surface area (Å²) in [6.07, 6.45) is -0.719. The molecule has 0 saturated carbocycles. The normalized spacial score (nSPS) is 10.4. The van der Waals surface area contributed by atoms with Crippen molar-refractivity contribution in [3.05, 3.63) is 0 Å². The van der Waals surface area contributed by atoms with Crippen LogP contribution in [0.25, 0.3) is 0 Å². The quantitative estimate of drug-likeness (QED) is 0.172. The first kappa shape index (κ1) is 28.3. The second-order valence-electron chi connectivity index (χ2n) is 6.10. The van der Waals surface area contributed by atoms with Gasteiger partial charge in [-0.1, -0.05) is 0 Å². The molecule has 0 amide bonds. The molecule has 0 radical (unpaired) electrons. The van der Waals surface area contributed by atoms with Crippen molar-refractivity contribution in [3.8, 4) is 0 Å². The lowest BCUT2D eigenvalue weighted by molar-refractivity contribution is -0.167. The molecular weight excluding hydrogens is 467 g/mol. The molecule has 0 rings (SSSR count). The van der Waals surface area contributed by atoms with Gasteiger partial charge in [-0.05, 0) is 54.1 Å². The van der Waals surface area contributed by atoms with Gasteiger partial charge < -0.3 is 14.2 Å².